The molecule has 0 bridgehead atoms. The molecule has 198 valence electrons. The van der Waals surface area contributed by atoms with Gasteiger partial charge in [0.15, 0.2) is 0 Å². The summed E-state index contributed by atoms with van der Waals surface area (Å²) in [7, 11) is 0. The highest BCUT2D eigenvalue weighted by atomic mass is 16.5. The topological polar surface area (TPSA) is 105 Å². The number of esters is 1. The van der Waals surface area contributed by atoms with Crippen LogP contribution in [-0.2, 0) is 25.5 Å². The maximum Gasteiger partial charge on any atom is 0.305 e. The zero-order valence-corrected chi connectivity index (χ0v) is 21.4. The zero-order chi connectivity index (χ0) is 26.2. The fourth-order valence-electron chi connectivity index (χ4n) is 4.62. The molecule has 1 aromatic rings. The van der Waals surface area contributed by atoms with E-state index in [1.807, 2.05) is 36.4 Å². The molecule has 0 unspecified atom stereocenters. The minimum absolute atomic E-state index is 0.000746. The van der Waals surface area contributed by atoms with E-state index in [9.17, 15) is 19.5 Å². The molecule has 0 heterocycles. The molecule has 7 heteroatoms. The first kappa shape index (κ1) is 29.3. The molecule has 3 N–H and O–H groups in total. The quantitative estimate of drug-likeness (QED) is 0.171. The number of hydrogen-bond acceptors (Lipinski definition) is 5. The molecule has 1 aromatic carbocycles. The normalized spacial score (nSPS) is 15.9. The van der Waals surface area contributed by atoms with Gasteiger partial charge in [-0.3, -0.25) is 14.4 Å². The second kappa shape index (κ2) is 15.9. The van der Waals surface area contributed by atoms with Crippen LogP contribution >= 0.6 is 0 Å². The molecule has 2 atom stereocenters. The number of benzene rings is 1. The third-order valence-electron chi connectivity index (χ3n) is 6.68. The van der Waals surface area contributed by atoms with Crippen molar-refractivity contribution in [1.82, 2.24) is 10.6 Å². The molecule has 0 spiro atoms. The van der Waals surface area contributed by atoms with Gasteiger partial charge in [0.1, 0.15) is 6.61 Å². The summed E-state index contributed by atoms with van der Waals surface area (Å²) in [5, 5.41) is 15.8. The predicted molar refractivity (Wildman–Crippen MR) is 141 cm³/mol. The Hall–Kier alpha value is -2.93. The predicted octanol–water partition coefficient (Wildman–Crippen LogP) is 4.01. The number of nitrogens with one attached hydrogen (secondary N) is 2. The highest BCUT2D eigenvalue weighted by Crippen LogP contribution is 2.29. The summed E-state index contributed by atoms with van der Waals surface area (Å²) >= 11 is 0. The van der Waals surface area contributed by atoms with Gasteiger partial charge in [-0.15, -0.1) is 13.2 Å². The molecule has 0 aromatic heterocycles. The minimum atomic E-state index is -0.604. The Bertz CT molecular complexity index is 848. The third-order valence-corrected chi connectivity index (χ3v) is 6.68. The van der Waals surface area contributed by atoms with Gasteiger partial charge in [0.05, 0.1) is 24.1 Å². The van der Waals surface area contributed by atoms with E-state index in [-0.39, 0.29) is 37.4 Å². The van der Waals surface area contributed by atoms with Crippen LogP contribution in [0.25, 0.3) is 0 Å². The molecule has 2 rings (SSSR count). The molecule has 1 aliphatic rings. The number of unbranched alkanes of at least 4 members (excludes halogenated alkanes) is 2. The summed E-state index contributed by atoms with van der Waals surface area (Å²) in [6.45, 7) is 7.38. The van der Waals surface area contributed by atoms with Gasteiger partial charge in [-0.2, -0.15) is 0 Å². The highest BCUT2D eigenvalue weighted by Gasteiger charge is 2.35. The van der Waals surface area contributed by atoms with Gasteiger partial charge in [0.2, 0.25) is 11.8 Å². The number of rotatable bonds is 17. The molecule has 7 nitrogen and oxygen atoms in total. The molecular weight excluding hydrogens is 456 g/mol. The van der Waals surface area contributed by atoms with Crippen molar-refractivity contribution in [2.45, 2.75) is 82.2 Å². The van der Waals surface area contributed by atoms with E-state index >= 15 is 0 Å². The Balaban J connectivity index is 1.99. The van der Waals surface area contributed by atoms with Crippen LogP contribution in [-0.4, -0.2) is 47.7 Å². The number of aliphatic hydroxyl groups is 1. The summed E-state index contributed by atoms with van der Waals surface area (Å²) in [6, 6.07) is 9.26. The van der Waals surface area contributed by atoms with E-state index in [2.05, 4.69) is 23.8 Å². The second-order valence-corrected chi connectivity index (χ2v) is 9.73. The van der Waals surface area contributed by atoms with E-state index in [4.69, 9.17) is 4.74 Å². The van der Waals surface area contributed by atoms with Crippen LogP contribution in [0.15, 0.2) is 55.6 Å². The first-order valence-electron chi connectivity index (χ1n) is 13.0. The minimum Gasteiger partial charge on any atom is -0.463 e. The van der Waals surface area contributed by atoms with E-state index in [0.717, 1.165) is 50.5 Å². The number of aliphatic hydroxyl groups excluding tert-OH is 1. The number of hydrogen-bond donors (Lipinski definition) is 3. The Morgan fingerprint density at radius 1 is 1.08 bits per heavy atom. The van der Waals surface area contributed by atoms with Crippen molar-refractivity contribution >= 4 is 17.8 Å². The standard InChI is InChI=1S/C29H42N2O5/c1-3-5-6-10-16-27(34)36-21-25(19-23-14-8-7-9-15-23)30-28(35)24(13-4-2)20-26(33)31-29(22-32)17-11-12-18-29/h3-4,7-9,14-15,24-25,32H,1-2,5-6,10-13,16-22H2,(H,30,35)(H,31,33)/t24-,25+/m1/s1. The van der Waals surface area contributed by atoms with E-state index < -0.39 is 17.5 Å². The van der Waals surface area contributed by atoms with Crippen LogP contribution in [0.5, 0.6) is 0 Å². The lowest BCUT2D eigenvalue weighted by Gasteiger charge is -2.29. The number of carbonyl (C=O) groups excluding carboxylic acids is 3. The van der Waals surface area contributed by atoms with Crippen molar-refractivity contribution < 1.29 is 24.2 Å². The molecule has 0 aliphatic heterocycles. The molecule has 1 saturated carbocycles. The van der Waals surface area contributed by atoms with Crippen LogP contribution in [0.1, 0.15) is 69.8 Å². The van der Waals surface area contributed by atoms with Gasteiger partial charge in [-0.05, 0) is 50.5 Å². The lowest BCUT2D eigenvalue weighted by molar-refractivity contribution is -0.145. The van der Waals surface area contributed by atoms with Crippen LogP contribution < -0.4 is 10.6 Å². The Kier molecular flexibility index (Phi) is 13.0. The fraction of sp³-hybridized carbons (Fsp3) is 0.552. The first-order chi connectivity index (χ1) is 17.4. The summed E-state index contributed by atoms with van der Waals surface area (Å²) in [4.78, 5) is 38.2. The van der Waals surface area contributed by atoms with Crippen molar-refractivity contribution in [2.24, 2.45) is 5.92 Å². The molecular formula is C29H42N2O5. The third kappa shape index (κ3) is 10.4. The molecule has 1 aliphatic carbocycles. The van der Waals surface area contributed by atoms with Crippen molar-refractivity contribution in [2.75, 3.05) is 13.2 Å². The summed E-state index contributed by atoms with van der Waals surface area (Å²) in [5.41, 5.74) is 0.427. The summed E-state index contributed by atoms with van der Waals surface area (Å²) in [5.74, 6) is -1.43. The van der Waals surface area contributed by atoms with Crippen LogP contribution in [0, 0.1) is 5.92 Å². The molecule has 2 amide bonds. The van der Waals surface area contributed by atoms with Gasteiger partial charge in [0.25, 0.3) is 0 Å². The molecule has 0 radical (unpaired) electrons. The van der Waals surface area contributed by atoms with Crippen LogP contribution in [0.2, 0.25) is 0 Å². The van der Waals surface area contributed by atoms with E-state index in [1.54, 1.807) is 6.08 Å². The maximum absolute atomic E-state index is 13.2. The molecule has 1 fully saturated rings. The average Bonchev–Trinajstić information content (AvgIpc) is 3.34. The number of allylic oxidation sites excluding steroid dienone is 2. The SMILES string of the molecule is C=CCCCCC(=O)OC[C@H](Cc1ccccc1)NC(=O)[C@H](CC=C)CC(=O)NC1(CO)CCCC1. The smallest absolute Gasteiger partial charge is 0.305 e. The first-order valence-corrected chi connectivity index (χ1v) is 13.0. The second-order valence-electron chi connectivity index (χ2n) is 9.73. The summed E-state index contributed by atoms with van der Waals surface area (Å²) < 4.78 is 5.49. The van der Waals surface area contributed by atoms with E-state index in [0.29, 0.717) is 19.3 Å². The Labute approximate surface area is 215 Å². The van der Waals surface area contributed by atoms with Crippen LogP contribution in [0.4, 0.5) is 0 Å². The van der Waals surface area contributed by atoms with Gasteiger partial charge in [-0.1, -0.05) is 55.3 Å². The zero-order valence-electron chi connectivity index (χ0n) is 21.4. The lowest BCUT2D eigenvalue weighted by atomic mass is 9.95. The summed E-state index contributed by atoms with van der Waals surface area (Å²) in [6.07, 6.45) is 10.5. The monoisotopic (exact) mass is 498 g/mol. The number of carbonyl (C=O) groups is 3. The van der Waals surface area contributed by atoms with E-state index in [1.165, 1.54) is 0 Å². The molecule has 36 heavy (non-hydrogen) atoms. The number of amides is 2. The van der Waals surface area contributed by atoms with Gasteiger partial charge < -0.3 is 20.5 Å². The van der Waals surface area contributed by atoms with Crippen molar-refractivity contribution in [3.05, 3.63) is 61.2 Å². The number of ether oxygens (including phenoxy) is 1. The van der Waals surface area contributed by atoms with Gasteiger partial charge >= 0.3 is 5.97 Å². The van der Waals surface area contributed by atoms with Crippen LogP contribution in [0.3, 0.4) is 0 Å². The highest BCUT2D eigenvalue weighted by molar-refractivity contribution is 5.86. The largest absolute Gasteiger partial charge is 0.463 e. The maximum atomic E-state index is 13.2. The fourth-order valence-corrected chi connectivity index (χ4v) is 4.62. The van der Waals surface area contributed by atoms with Crippen molar-refractivity contribution in [3.63, 3.8) is 0 Å². The van der Waals surface area contributed by atoms with Gasteiger partial charge in [-0.25, -0.2) is 0 Å². The van der Waals surface area contributed by atoms with Crippen molar-refractivity contribution in [3.8, 4) is 0 Å². The molecule has 0 saturated heterocycles. The lowest BCUT2D eigenvalue weighted by Crippen LogP contribution is -2.50. The Morgan fingerprint density at radius 3 is 2.44 bits per heavy atom. The van der Waals surface area contributed by atoms with Crippen molar-refractivity contribution in [1.29, 1.82) is 0 Å². The Morgan fingerprint density at radius 2 is 1.81 bits per heavy atom. The van der Waals surface area contributed by atoms with Gasteiger partial charge in [0, 0.05) is 12.8 Å². The average molecular weight is 499 g/mol.